The number of hydrogen-bond acceptors (Lipinski definition) is 1. The van der Waals surface area contributed by atoms with Crippen LogP contribution in [-0.4, -0.2) is 6.00 Å². The molecule has 0 aromatic heterocycles. The molecule has 0 spiro atoms. The molecule has 0 fully saturated rings. The molecule has 0 aliphatic heterocycles. The smallest absolute Gasteiger partial charge is 0.143 e. The summed E-state index contributed by atoms with van der Waals surface area (Å²) < 4.78 is 0. The Morgan fingerprint density at radius 3 is 2.05 bits per heavy atom. The van der Waals surface area contributed by atoms with Crippen LogP contribution in [0.3, 0.4) is 0 Å². The van der Waals surface area contributed by atoms with E-state index in [9.17, 15) is 0 Å². The minimum Gasteiger partial charge on any atom is -0.143 e. The zero-order chi connectivity index (χ0) is 14.8. The zero-order valence-corrected chi connectivity index (χ0v) is 14.9. The average Bonchev–Trinajstić information content (AvgIpc) is 2.42. The van der Waals surface area contributed by atoms with Crippen LogP contribution in [-0.2, 0) is 0 Å². The van der Waals surface area contributed by atoms with Crippen LogP contribution in [0, 0.1) is 0 Å². The highest BCUT2D eigenvalue weighted by molar-refractivity contribution is 7.81. The second-order valence-electron chi connectivity index (χ2n) is 5.12. The predicted molar refractivity (Wildman–Crippen MR) is 100 cm³/mol. The highest BCUT2D eigenvalue weighted by atomic mass is 35.8. The van der Waals surface area contributed by atoms with Gasteiger partial charge in [0.2, 0.25) is 0 Å². The fourth-order valence-electron chi connectivity index (χ4n) is 3.09. The lowest BCUT2D eigenvalue weighted by Crippen LogP contribution is -2.32. The van der Waals surface area contributed by atoms with E-state index >= 15 is 0 Å². The van der Waals surface area contributed by atoms with Crippen molar-refractivity contribution in [2.75, 3.05) is 0 Å². The van der Waals surface area contributed by atoms with E-state index in [1.54, 1.807) is 0 Å². The molecule has 4 aromatic rings. The topological polar surface area (TPSA) is 0 Å². The molecule has 4 rings (SSSR count). The molecule has 0 heterocycles. The normalized spacial score (nSPS) is 12.8. The average molecular weight is 368 g/mol. The second kappa shape index (κ2) is 4.67. The first-order chi connectivity index (χ1) is 9.97. The zero-order valence-electron chi connectivity index (χ0n) is 10.7. The Morgan fingerprint density at radius 2 is 1.38 bits per heavy atom. The van der Waals surface area contributed by atoms with Gasteiger partial charge in [0, 0.05) is 10.1 Å². The minimum absolute atomic E-state index is 0.757. The summed E-state index contributed by atoms with van der Waals surface area (Å²) in [6.45, 7) is 0. The van der Waals surface area contributed by atoms with Gasteiger partial charge in [-0.2, -0.15) is 0 Å². The van der Waals surface area contributed by atoms with Crippen LogP contribution in [0.4, 0.5) is 0 Å². The van der Waals surface area contributed by atoms with Crippen molar-refractivity contribution in [1.82, 2.24) is 0 Å². The number of benzene rings is 4. The fourth-order valence-corrected chi connectivity index (χ4v) is 7.16. The third kappa shape index (κ3) is 2.05. The summed E-state index contributed by atoms with van der Waals surface area (Å²) >= 11 is 23.5. The van der Waals surface area contributed by atoms with Crippen molar-refractivity contribution < 1.29 is 0 Å². The summed E-state index contributed by atoms with van der Waals surface area (Å²) in [6, 6.07) is 13.6. The van der Waals surface area contributed by atoms with Gasteiger partial charge in [0.25, 0.3) is 0 Å². The molecule has 0 bridgehead atoms. The summed E-state index contributed by atoms with van der Waals surface area (Å²) in [7, 11) is 0. The second-order valence-corrected chi connectivity index (χ2v) is 13.9. The SMILES string of the molecule is Sc1cc2ccc3cccc4ccc(c1[Si](Cl)(Cl)Cl)c2c34. The van der Waals surface area contributed by atoms with Crippen molar-refractivity contribution in [3.8, 4) is 0 Å². The van der Waals surface area contributed by atoms with Gasteiger partial charge in [-0.25, -0.2) is 0 Å². The van der Waals surface area contributed by atoms with E-state index < -0.39 is 6.00 Å². The van der Waals surface area contributed by atoms with Crippen LogP contribution >= 0.6 is 45.9 Å². The van der Waals surface area contributed by atoms with E-state index in [-0.39, 0.29) is 0 Å². The maximum absolute atomic E-state index is 6.31. The maximum Gasteiger partial charge on any atom is 0.374 e. The van der Waals surface area contributed by atoms with Crippen molar-refractivity contribution in [3.05, 3.63) is 48.5 Å². The Bertz CT molecular complexity index is 976. The molecule has 21 heavy (non-hydrogen) atoms. The van der Waals surface area contributed by atoms with Crippen molar-refractivity contribution in [1.29, 1.82) is 0 Å². The number of hydrogen-bond donors (Lipinski definition) is 1. The largest absolute Gasteiger partial charge is 0.374 e. The van der Waals surface area contributed by atoms with Gasteiger partial charge in [-0.15, -0.1) is 45.9 Å². The van der Waals surface area contributed by atoms with E-state index in [4.69, 9.17) is 33.2 Å². The molecule has 0 saturated heterocycles. The van der Waals surface area contributed by atoms with Crippen LogP contribution in [0.2, 0.25) is 0 Å². The monoisotopic (exact) mass is 366 g/mol. The molecule has 5 heteroatoms. The maximum atomic E-state index is 6.31. The van der Waals surface area contributed by atoms with Gasteiger partial charge in [0.05, 0.1) is 0 Å². The number of thiol groups is 1. The predicted octanol–water partition coefficient (Wildman–Crippen LogP) is 5.74. The van der Waals surface area contributed by atoms with Crippen molar-refractivity contribution in [3.63, 3.8) is 0 Å². The van der Waals surface area contributed by atoms with Gasteiger partial charge in [-0.05, 0) is 38.4 Å². The molecule has 0 aliphatic carbocycles. The Hall–Kier alpha value is -0.643. The van der Waals surface area contributed by atoms with E-state index in [2.05, 4.69) is 49.0 Å². The van der Waals surface area contributed by atoms with Gasteiger partial charge < -0.3 is 0 Å². The first kappa shape index (κ1) is 14.0. The molecule has 0 amide bonds. The number of halogens is 3. The molecule has 0 radical (unpaired) electrons. The molecule has 0 aliphatic rings. The number of rotatable bonds is 1. The quantitative estimate of drug-likeness (QED) is 0.189. The molecular weight excluding hydrogens is 359 g/mol. The minimum atomic E-state index is -3.03. The van der Waals surface area contributed by atoms with E-state index in [1.807, 2.05) is 12.1 Å². The summed E-state index contributed by atoms with van der Waals surface area (Å²) in [5, 5.41) is 7.72. The van der Waals surface area contributed by atoms with E-state index in [1.165, 1.54) is 16.2 Å². The van der Waals surface area contributed by atoms with E-state index in [0.717, 1.165) is 26.2 Å². The highest BCUT2D eigenvalue weighted by Crippen LogP contribution is 2.37. The lowest BCUT2D eigenvalue weighted by molar-refractivity contribution is 1.61. The van der Waals surface area contributed by atoms with Crippen LogP contribution in [0.1, 0.15) is 0 Å². The Labute approximate surface area is 142 Å². The Morgan fingerprint density at radius 1 is 0.762 bits per heavy atom. The van der Waals surface area contributed by atoms with Gasteiger partial charge in [0.15, 0.2) is 0 Å². The Balaban J connectivity index is 2.35. The summed E-state index contributed by atoms with van der Waals surface area (Å²) in [5.41, 5.74) is 0. The standard InChI is InChI=1S/C16H9Cl3SSi/c17-21(18,19)16-12-7-6-10-3-1-2-9-4-5-11(8-13(16)20)15(12)14(9)10/h1-8,20H. The summed E-state index contributed by atoms with van der Waals surface area (Å²) in [6.07, 6.45) is 0. The fraction of sp³-hybridized carbons (Fsp3) is 0. The molecule has 104 valence electrons. The molecule has 0 saturated carbocycles. The van der Waals surface area contributed by atoms with Gasteiger partial charge in [0.1, 0.15) is 0 Å². The van der Waals surface area contributed by atoms with E-state index in [0.29, 0.717) is 0 Å². The molecule has 0 unspecified atom stereocenters. The van der Waals surface area contributed by atoms with Crippen molar-refractivity contribution in [2.24, 2.45) is 0 Å². The van der Waals surface area contributed by atoms with Crippen LogP contribution in [0.25, 0.3) is 32.3 Å². The molecular formula is C16H9Cl3SSi. The molecule has 0 nitrogen and oxygen atoms in total. The lowest BCUT2D eigenvalue weighted by atomic mass is 9.94. The van der Waals surface area contributed by atoms with Crippen LogP contribution in [0.5, 0.6) is 0 Å². The van der Waals surface area contributed by atoms with Crippen LogP contribution < -0.4 is 5.19 Å². The lowest BCUT2D eigenvalue weighted by Gasteiger charge is -2.18. The van der Waals surface area contributed by atoms with Crippen molar-refractivity contribution in [2.45, 2.75) is 4.90 Å². The summed E-state index contributed by atoms with van der Waals surface area (Å²) in [5.74, 6) is 0. The van der Waals surface area contributed by atoms with Gasteiger partial charge in [-0.3, -0.25) is 0 Å². The molecule has 4 aromatic carbocycles. The third-order valence-corrected chi connectivity index (χ3v) is 7.28. The molecule has 0 N–H and O–H groups in total. The summed E-state index contributed by atoms with van der Waals surface area (Å²) in [4.78, 5) is 0.757. The van der Waals surface area contributed by atoms with Crippen molar-refractivity contribution >= 4 is 89.4 Å². The Kier molecular flexibility index (Phi) is 3.11. The third-order valence-electron chi connectivity index (χ3n) is 3.91. The molecule has 0 atom stereocenters. The van der Waals surface area contributed by atoms with Crippen LogP contribution in [0.15, 0.2) is 53.4 Å². The highest BCUT2D eigenvalue weighted by Gasteiger charge is 2.33. The first-order valence-electron chi connectivity index (χ1n) is 6.43. The van der Waals surface area contributed by atoms with Gasteiger partial charge >= 0.3 is 6.00 Å². The van der Waals surface area contributed by atoms with Gasteiger partial charge in [-0.1, -0.05) is 42.5 Å². The first-order valence-corrected chi connectivity index (χ1v) is 11.9.